The van der Waals surface area contributed by atoms with E-state index in [1.807, 2.05) is 19.1 Å². The van der Waals surface area contributed by atoms with Crippen molar-refractivity contribution in [3.63, 3.8) is 0 Å². The van der Waals surface area contributed by atoms with Crippen LogP contribution in [0, 0.1) is 6.92 Å². The van der Waals surface area contributed by atoms with Gasteiger partial charge in [-0.05, 0) is 56.3 Å². The summed E-state index contributed by atoms with van der Waals surface area (Å²) in [7, 11) is 1.60. The summed E-state index contributed by atoms with van der Waals surface area (Å²) < 4.78 is 10.5. The van der Waals surface area contributed by atoms with Gasteiger partial charge >= 0.3 is 5.97 Å². The van der Waals surface area contributed by atoms with Crippen molar-refractivity contribution >= 4 is 52.3 Å². The van der Waals surface area contributed by atoms with Crippen molar-refractivity contribution in [3.8, 4) is 5.75 Å². The van der Waals surface area contributed by atoms with Gasteiger partial charge in [0.15, 0.2) is 0 Å². The summed E-state index contributed by atoms with van der Waals surface area (Å²) in [4.78, 5) is 16.6. The van der Waals surface area contributed by atoms with Crippen LogP contribution in [0.15, 0.2) is 42.5 Å². The lowest BCUT2D eigenvalue weighted by Gasteiger charge is -2.14. The Kier molecular flexibility index (Phi) is 6.88. The lowest BCUT2D eigenvalue weighted by molar-refractivity contribution is 0.0526. The van der Waals surface area contributed by atoms with Crippen LogP contribution >= 0.6 is 24.0 Å². The van der Waals surface area contributed by atoms with Gasteiger partial charge in [-0.3, -0.25) is 4.98 Å². The molecule has 27 heavy (non-hydrogen) atoms. The van der Waals surface area contributed by atoms with E-state index >= 15 is 0 Å². The number of carbonyl (C=O) groups excluding carboxylic acids is 1. The first kappa shape index (κ1) is 20.8. The first-order chi connectivity index (χ1) is 12.5. The van der Waals surface area contributed by atoms with Crippen molar-refractivity contribution in [3.05, 3.63) is 58.7 Å². The molecule has 0 unspecified atom stereocenters. The van der Waals surface area contributed by atoms with Crippen LogP contribution in [0.3, 0.4) is 0 Å². The fourth-order valence-electron chi connectivity index (χ4n) is 2.73. The van der Waals surface area contributed by atoms with Crippen LogP contribution in [0.1, 0.15) is 23.0 Å². The SMILES string of the molecule is CCOC(=O)c1ccc2nc(C)cc(Nc3cc(Cl)ccc3OC)c2c1.Cl. The number of esters is 1. The Hall–Kier alpha value is -2.50. The second-order valence-corrected chi connectivity index (χ2v) is 6.17. The van der Waals surface area contributed by atoms with E-state index in [4.69, 9.17) is 21.1 Å². The topological polar surface area (TPSA) is 60.5 Å². The molecule has 0 atom stereocenters. The smallest absolute Gasteiger partial charge is 0.338 e. The highest BCUT2D eigenvalue weighted by Gasteiger charge is 2.12. The number of nitrogens with zero attached hydrogens (tertiary/aromatic N) is 1. The molecular formula is C20H20Cl2N2O3. The maximum atomic E-state index is 12.1. The molecular weight excluding hydrogens is 387 g/mol. The molecule has 142 valence electrons. The number of nitrogens with one attached hydrogen (secondary N) is 1. The molecule has 1 N–H and O–H groups in total. The Morgan fingerprint density at radius 2 is 1.93 bits per heavy atom. The van der Waals surface area contributed by atoms with Crippen LogP contribution in [0.2, 0.25) is 5.02 Å². The van der Waals surface area contributed by atoms with Gasteiger partial charge in [0, 0.05) is 21.8 Å². The van der Waals surface area contributed by atoms with Crippen molar-refractivity contribution in [2.75, 3.05) is 19.0 Å². The molecule has 0 aliphatic carbocycles. The second-order valence-electron chi connectivity index (χ2n) is 5.73. The summed E-state index contributed by atoms with van der Waals surface area (Å²) in [6, 6.07) is 12.6. The minimum Gasteiger partial charge on any atom is -0.495 e. The first-order valence-electron chi connectivity index (χ1n) is 8.21. The number of benzene rings is 2. The summed E-state index contributed by atoms with van der Waals surface area (Å²) in [6.07, 6.45) is 0. The number of aromatic nitrogens is 1. The van der Waals surface area contributed by atoms with Crippen molar-refractivity contribution in [1.82, 2.24) is 4.98 Å². The van der Waals surface area contributed by atoms with Gasteiger partial charge in [-0.2, -0.15) is 0 Å². The number of fused-ring (bicyclic) bond motifs is 1. The standard InChI is InChI=1S/C20H19ClN2O3.ClH/c1-4-26-20(24)13-5-7-16-15(10-13)17(9-12(2)22-16)23-18-11-14(21)6-8-19(18)25-3;/h5-11H,4H2,1-3H3,(H,22,23);1H. The Morgan fingerprint density at radius 1 is 1.15 bits per heavy atom. The normalized spacial score (nSPS) is 10.2. The van der Waals surface area contributed by atoms with E-state index < -0.39 is 0 Å². The van der Waals surface area contributed by atoms with Crippen molar-refractivity contribution < 1.29 is 14.3 Å². The monoisotopic (exact) mass is 406 g/mol. The number of halogens is 2. The molecule has 7 heteroatoms. The van der Waals surface area contributed by atoms with Gasteiger partial charge in [0.05, 0.1) is 30.5 Å². The Bertz CT molecular complexity index is 977. The minimum absolute atomic E-state index is 0. The molecule has 5 nitrogen and oxygen atoms in total. The molecule has 3 aromatic rings. The van der Waals surface area contributed by atoms with Crippen LogP contribution < -0.4 is 10.1 Å². The number of ether oxygens (including phenoxy) is 2. The molecule has 0 saturated heterocycles. The molecule has 0 amide bonds. The Balaban J connectivity index is 0.00000261. The summed E-state index contributed by atoms with van der Waals surface area (Å²) in [5.41, 5.74) is 3.64. The predicted octanol–water partition coefficient (Wildman–Crippen LogP) is 5.55. The third-order valence-corrected chi connectivity index (χ3v) is 4.11. The van der Waals surface area contributed by atoms with E-state index in [1.165, 1.54) is 0 Å². The Labute approximate surface area is 169 Å². The van der Waals surface area contributed by atoms with Gasteiger partial charge < -0.3 is 14.8 Å². The van der Waals surface area contributed by atoms with Crippen molar-refractivity contribution in [2.45, 2.75) is 13.8 Å². The summed E-state index contributed by atoms with van der Waals surface area (Å²) in [5, 5.41) is 4.75. The van der Waals surface area contributed by atoms with E-state index in [-0.39, 0.29) is 18.4 Å². The largest absolute Gasteiger partial charge is 0.495 e. The summed E-state index contributed by atoms with van der Waals surface area (Å²) in [5.74, 6) is 0.305. The number of rotatable bonds is 5. The molecule has 0 bridgehead atoms. The molecule has 0 fully saturated rings. The highest BCUT2D eigenvalue weighted by atomic mass is 35.5. The van der Waals surface area contributed by atoms with Crippen molar-refractivity contribution in [2.24, 2.45) is 0 Å². The zero-order chi connectivity index (χ0) is 18.7. The molecule has 0 saturated carbocycles. The fraction of sp³-hybridized carbons (Fsp3) is 0.200. The van der Waals surface area contributed by atoms with Gasteiger partial charge in [0.1, 0.15) is 5.75 Å². The number of aryl methyl sites for hydroxylation is 1. The third kappa shape index (κ3) is 4.62. The van der Waals surface area contributed by atoms with E-state index in [1.54, 1.807) is 44.4 Å². The Morgan fingerprint density at radius 3 is 2.63 bits per heavy atom. The van der Waals surface area contributed by atoms with Crippen LogP contribution in [0.25, 0.3) is 10.9 Å². The lowest BCUT2D eigenvalue weighted by atomic mass is 10.1. The fourth-order valence-corrected chi connectivity index (χ4v) is 2.90. The highest BCUT2D eigenvalue weighted by Crippen LogP contribution is 2.33. The van der Waals surface area contributed by atoms with Gasteiger partial charge in [-0.15, -0.1) is 12.4 Å². The van der Waals surface area contributed by atoms with Crippen LogP contribution in [-0.4, -0.2) is 24.7 Å². The number of carbonyl (C=O) groups is 1. The second kappa shape index (κ2) is 8.93. The van der Waals surface area contributed by atoms with Gasteiger partial charge in [0.25, 0.3) is 0 Å². The van der Waals surface area contributed by atoms with Crippen molar-refractivity contribution in [1.29, 1.82) is 0 Å². The lowest BCUT2D eigenvalue weighted by Crippen LogP contribution is -2.05. The number of methoxy groups -OCH3 is 1. The van der Waals surface area contributed by atoms with Gasteiger partial charge in [0.2, 0.25) is 0 Å². The van der Waals surface area contributed by atoms with Gasteiger partial charge in [-0.1, -0.05) is 11.6 Å². The molecule has 0 aliphatic rings. The van der Waals surface area contributed by atoms with Crippen LogP contribution in [-0.2, 0) is 4.74 Å². The molecule has 1 aromatic heterocycles. The summed E-state index contributed by atoms with van der Waals surface area (Å²) in [6.45, 7) is 4.02. The average molecular weight is 407 g/mol. The van der Waals surface area contributed by atoms with Crippen LogP contribution in [0.5, 0.6) is 5.75 Å². The average Bonchev–Trinajstić information content (AvgIpc) is 2.61. The zero-order valence-corrected chi connectivity index (χ0v) is 16.8. The third-order valence-electron chi connectivity index (χ3n) is 3.88. The van der Waals surface area contributed by atoms with Gasteiger partial charge in [-0.25, -0.2) is 4.79 Å². The predicted molar refractivity (Wildman–Crippen MR) is 111 cm³/mol. The molecule has 1 heterocycles. The number of hydrogen-bond donors (Lipinski definition) is 1. The minimum atomic E-state index is -0.360. The quantitative estimate of drug-likeness (QED) is 0.562. The highest BCUT2D eigenvalue weighted by molar-refractivity contribution is 6.31. The molecule has 3 rings (SSSR count). The van der Waals surface area contributed by atoms with E-state index in [9.17, 15) is 4.79 Å². The zero-order valence-electron chi connectivity index (χ0n) is 15.2. The molecule has 2 aromatic carbocycles. The molecule has 0 aliphatic heterocycles. The summed E-state index contributed by atoms with van der Waals surface area (Å²) >= 11 is 6.12. The van der Waals surface area contributed by atoms with E-state index in [2.05, 4.69) is 10.3 Å². The first-order valence-corrected chi connectivity index (χ1v) is 8.58. The van der Waals surface area contributed by atoms with E-state index in [0.717, 1.165) is 28.0 Å². The number of hydrogen-bond acceptors (Lipinski definition) is 5. The number of pyridine rings is 1. The van der Waals surface area contributed by atoms with Crippen LogP contribution in [0.4, 0.5) is 11.4 Å². The van der Waals surface area contributed by atoms with E-state index in [0.29, 0.717) is 22.9 Å². The molecule has 0 radical (unpaired) electrons. The maximum Gasteiger partial charge on any atom is 0.338 e. The number of anilines is 2. The molecule has 0 spiro atoms. The maximum absolute atomic E-state index is 12.1.